The van der Waals surface area contributed by atoms with Gasteiger partial charge in [0.15, 0.2) is 6.29 Å². The van der Waals surface area contributed by atoms with Crippen LogP contribution in [0.4, 0.5) is 0 Å². The van der Waals surface area contributed by atoms with E-state index in [9.17, 15) is 25.5 Å². The predicted octanol–water partition coefficient (Wildman–Crippen LogP) is 4.96. The van der Waals surface area contributed by atoms with Crippen LogP contribution in [-0.4, -0.2) is 75.1 Å². The standard InChI is InChI=1S/C36H60O7/c1-31(2)15-16-33(5)21(17-31)20-9-10-24-34(6)13-12-25(38)32(3,4)23(34)11-14-35(24,7)36(20,8)18-26(33)43-30-29(41)28(40)27(39)22(19-37)42-30/h9,21-30,37-41H,10-19H2,1-8H3. The summed E-state index contributed by atoms with van der Waals surface area (Å²) in [5.74, 6) is 1.30. The lowest BCUT2D eigenvalue weighted by Gasteiger charge is -2.72. The van der Waals surface area contributed by atoms with Gasteiger partial charge in [0.05, 0.1) is 18.8 Å². The minimum atomic E-state index is -1.45. The molecule has 5 N–H and O–H groups in total. The lowest BCUT2D eigenvalue weighted by atomic mass is 9.33. The van der Waals surface area contributed by atoms with E-state index in [1.807, 2.05) is 0 Å². The maximum Gasteiger partial charge on any atom is 0.186 e. The average Bonchev–Trinajstić information content (AvgIpc) is 2.93. The first-order valence-electron chi connectivity index (χ1n) is 17.2. The molecule has 14 atom stereocenters. The van der Waals surface area contributed by atoms with Crippen molar-refractivity contribution >= 4 is 0 Å². The molecule has 0 spiro atoms. The Kier molecular flexibility index (Phi) is 7.71. The van der Waals surface area contributed by atoms with Crippen LogP contribution in [-0.2, 0) is 9.47 Å². The number of fused-ring (bicyclic) bond motifs is 7. The number of hydrogen-bond donors (Lipinski definition) is 5. The molecule has 246 valence electrons. The zero-order valence-electron chi connectivity index (χ0n) is 28.0. The average molecular weight is 605 g/mol. The smallest absolute Gasteiger partial charge is 0.186 e. The van der Waals surface area contributed by atoms with Gasteiger partial charge in [-0.1, -0.05) is 67.0 Å². The third-order valence-electron chi connectivity index (χ3n) is 15.2. The number of hydrogen-bond acceptors (Lipinski definition) is 7. The van der Waals surface area contributed by atoms with Crippen molar-refractivity contribution in [1.29, 1.82) is 0 Å². The molecule has 1 heterocycles. The van der Waals surface area contributed by atoms with E-state index < -0.39 is 37.3 Å². The summed E-state index contributed by atoms with van der Waals surface area (Å²) < 4.78 is 12.8. The lowest BCUT2D eigenvalue weighted by Crippen LogP contribution is -2.67. The van der Waals surface area contributed by atoms with Crippen molar-refractivity contribution in [3.05, 3.63) is 11.6 Å². The van der Waals surface area contributed by atoms with Gasteiger partial charge in [0.1, 0.15) is 24.4 Å². The van der Waals surface area contributed by atoms with Gasteiger partial charge in [-0.2, -0.15) is 0 Å². The summed E-state index contributed by atoms with van der Waals surface area (Å²) in [7, 11) is 0. The van der Waals surface area contributed by atoms with Gasteiger partial charge in [0, 0.05) is 5.41 Å². The molecule has 6 aliphatic rings. The summed E-state index contributed by atoms with van der Waals surface area (Å²) in [4.78, 5) is 0. The minimum Gasteiger partial charge on any atom is -0.394 e. The molecule has 4 saturated carbocycles. The highest BCUT2D eigenvalue weighted by molar-refractivity contribution is 5.35. The van der Waals surface area contributed by atoms with Gasteiger partial charge in [-0.15, -0.1) is 0 Å². The monoisotopic (exact) mass is 604 g/mol. The van der Waals surface area contributed by atoms with Gasteiger partial charge in [-0.25, -0.2) is 0 Å². The molecule has 14 unspecified atom stereocenters. The van der Waals surface area contributed by atoms with Crippen LogP contribution in [0.2, 0.25) is 0 Å². The fraction of sp³-hybridized carbons (Fsp3) is 0.944. The maximum atomic E-state index is 11.1. The van der Waals surface area contributed by atoms with E-state index in [1.165, 1.54) is 0 Å². The number of rotatable bonds is 3. The van der Waals surface area contributed by atoms with Crippen LogP contribution in [0.15, 0.2) is 11.6 Å². The highest BCUT2D eigenvalue weighted by atomic mass is 16.7. The van der Waals surface area contributed by atoms with Crippen LogP contribution in [0.3, 0.4) is 0 Å². The quantitative estimate of drug-likeness (QED) is 0.289. The van der Waals surface area contributed by atoms with Crippen molar-refractivity contribution in [2.75, 3.05) is 6.61 Å². The SMILES string of the molecule is CC1(C)CCC2(C)C(OC3OC(CO)C(O)C(O)C3O)CC3(C)C(=CCC4C5(C)CCC(O)C(C)(C)C5CCC43C)C2C1. The molecule has 0 aromatic rings. The highest BCUT2D eigenvalue weighted by Crippen LogP contribution is 2.76. The van der Waals surface area contributed by atoms with Crippen molar-refractivity contribution < 1.29 is 35.0 Å². The topological polar surface area (TPSA) is 120 Å². The van der Waals surface area contributed by atoms with Gasteiger partial charge in [0.2, 0.25) is 0 Å². The van der Waals surface area contributed by atoms with Gasteiger partial charge in [0.25, 0.3) is 0 Å². The van der Waals surface area contributed by atoms with E-state index >= 15 is 0 Å². The molecule has 7 heteroatoms. The highest BCUT2D eigenvalue weighted by Gasteiger charge is 2.69. The molecule has 5 fully saturated rings. The van der Waals surface area contributed by atoms with Crippen molar-refractivity contribution in [3.8, 4) is 0 Å². The molecule has 0 aromatic heterocycles. The summed E-state index contributed by atoms with van der Waals surface area (Å²) in [5.41, 5.74) is 1.60. The van der Waals surface area contributed by atoms with E-state index in [4.69, 9.17) is 9.47 Å². The lowest BCUT2D eigenvalue weighted by molar-refractivity contribution is -0.330. The van der Waals surface area contributed by atoms with E-state index in [2.05, 4.69) is 61.5 Å². The third-order valence-corrected chi connectivity index (χ3v) is 15.2. The second-order valence-electron chi connectivity index (χ2n) is 18.1. The zero-order valence-corrected chi connectivity index (χ0v) is 28.0. The van der Waals surface area contributed by atoms with Crippen LogP contribution >= 0.6 is 0 Å². The Balaban J connectivity index is 1.41. The van der Waals surface area contributed by atoms with Crippen molar-refractivity contribution in [2.45, 2.75) is 156 Å². The summed E-state index contributed by atoms with van der Waals surface area (Å²) in [5, 5.41) is 53.0. The van der Waals surface area contributed by atoms with Gasteiger partial charge >= 0.3 is 0 Å². The third kappa shape index (κ3) is 4.45. The molecular weight excluding hydrogens is 544 g/mol. The second kappa shape index (κ2) is 10.2. The zero-order chi connectivity index (χ0) is 31.5. The molecule has 1 aliphatic heterocycles. The maximum absolute atomic E-state index is 11.1. The minimum absolute atomic E-state index is 0.0423. The van der Waals surface area contributed by atoms with Crippen LogP contribution < -0.4 is 0 Å². The van der Waals surface area contributed by atoms with Gasteiger partial charge in [-0.3, -0.25) is 0 Å². The van der Waals surface area contributed by atoms with Crippen LogP contribution in [0.5, 0.6) is 0 Å². The van der Waals surface area contributed by atoms with E-state index in [0.717, 1.165) is 57.8 Å². The first kappa shape index (κ1) is 32.4. The molecule has 43 heavy (non-hydrogen) atoms. The van der Waals surface area contributed by atoms with Crippen LogP contribution in [0.25, 0.3) is 0 Å². The molecular formula is C36H60O7. The number of aliphatic hydroxyl groups is 5. The normalized spacial score (nSPS) is 55.7. The Bertz CT molecular complexity index is 1120. The molecule has 7 nitrogen and oxygen atoms in total. The molecule has 1 saturated heterocycles. The van der Waals surface area contributed by atoms with Crippen LogP contribution in [0.1, 0.15) is 113 Å². The Morgan fingerprint density at radius 3 is 2.16 bits per heavy atom. The van der Waals surface area contributed by atoms with Gasteiger partial charge < -0.3 is 35.0 Å². The molecule has 5 aliphatic carbocycles. The summed E-state index contributed by atoms with van der Waals surface area (Å²) in [6.45, 7) is 18.8. The Morgan fingerprint density at radius 1 is 0.791 bits per heavy atom. The molecule has 0 bridgehead atoms. The number of allylic oxidation sites excluding steroid dienone is 2. The Morgan fingerprint density at radius 2 is 1.49 bits per heavy atom. The molecule has 6 rings (SSSR count). The predicted molar refractivity (Wildman–Crippen MR) is 165 cm³/mol. The van der Waals surface area contributed by atoms with E-state index in [-0.39, 0.29) is 44.7 Å². The van der Waals surface area contributed by atoms with Crippen molar-refractivity contribution in [1.82, 2.24) is 0 Å². The number of aliphatic hydroxyl groups excluding tert-OH is 5. The Hall–Kier alpha value is -0.540. The summed E-state index contributed by atoms with van der Waals surface area (Å²) in [6.07, 6.45) is 5.03. The fourth-order valence-electron chi connectivity index (χ4n) is 12.1. The second-order valence-corrected chi connectivity index (χ2v) is 18.1. The molecule has 0 amide bonds. The Labute approximate surface area is 259 Å². The van der Waals surface area contributed by atoms with Crippen molar-refractivity contribution in [2.24, 2.45) is 50.2 Å². The fourth-order valence-corrected chi connectivity index (χ4v) is 12.1. The first-order valence-corrected chi connectivity index (χ1v) is 17.2. The molecule has 0 radical (unpaired) electrons. The molecule has 0 aromatic carbocycles. The van der Waals surface area contributed by atoms with E-state index in [1.54, 1.807) is 5.57 Å². The van der Waals surface area contributed by atoms with Crippen molar-refractivity contribution in [3.63, 3.8) is 0 Å². The summed E-state index contributed by atoms with van der Waals surface area (Å²) >= 11 is 0. The first-order chi connectivity index (χ1) is 19.9. The largest absolute Gasteiger partial charge is 0.394 e. The number of ether oxygens (including phenoxy) is 2. The van der Waals surface area contributed by atoms with Gasteiger partial charge in [-0.05, 0) is 103 Å². The summed E-state index contributed by atoms with van der Waals surface area (Å²) in [6, 6.07) is 0. The van der Waals surface area contributed by atoms with E-state index in [0.29, 0.717) is 17.8 Å². The van der Waals surface area contributed by atoms with Crippen LogP contribution in [0, 0.1) is 50.2 Å².